The van der Waals surface area contributed by atoms with E-state index in [0.717, 1.165) is 64.2 Å². The molecule has 0 bridgehead atoms. The number of carbonyl (C=O) groups excluding carboxylic acids is 1. The number of nitrogens with one attached hydrogen (secondary N) is 1. The van der Waals surface area contributed by atoms with E-state index < -0.39 is 86.8 Å². The Bertz CT molecular complexity index is 1190. The lowest BCUT2D eigenvalue weighted by atomic mass is 9.97. The van der Waals surface area contributed by atoms with Gasteiger partial charge in [0.25, 0.3) is 0 Å². The molecule has 0 aromatic heterocycles. The molecule has 12 unspecified atom stereocenters. The van der Waals surface area contributed by atoms with Crippen molar-refractivity contribution in [3.8, 4) is 0 Å². The first-order chi connectivity index (χ1) is 30.1. The predicted octanol–water partition coefficient (Wildman–Crippen LogP) is 5.54. The standard InChI is InChI=1S/C48H87NO13/c1-3-5-7-9-11-13-15-17-18-20-22-24-26-28-30-32-40(53)49-36(37(52)31-29-27-25-23-21-19-16-14-12-10-8-6-4-2)35-59-47-45(58)43(56)46(39(34-51)61-47)62-48-44(57)42(55)41(54)38(33-50)60-48/h11,13,17-18,29,31,36-39,41-48,50-52,54-58H,3-10,12,14-16,19-28,30,32-35H2,1-2H3,(H,49,53)/b13-11-,18-17-,31-29+. The number of hydrogen-bond donors (Lipinski definition) is 9. The van der Waals surface area contributed by atoms with Gasteiger partial charge in [-0.1, -0.05) is 147 Å². The summed E-state index contributed by atoms with van der Waals surface area (Å²) in [4.78, 5) is 13.1. The molecule has 0 saturated carbocycles. The summed E-state index contributed by atoms with van der Waals surface area (Å²) in [5.41, 5.74) is 0. The van der Waals surface area contributed by atoms with Crippen LogP contribution in [0.15, 0.2) is 36.5 Å². The number of ether oxygens (including phenoxy) is 4. The van der Waals surface area contributed by atoms with Crippen molar-refractivity contribution >= 4 is 5.91 Å². The van der Waals surface area contributed by atoms with Crippen LogP contribution in [0.1, 0.15) is 168 Å². The van der Waals surface area contributed by atoms with Crippen molar-refractivity contribution in [2.75, 3.05) is 19.8 Å². The zero-order chi connectivity index (χ0) is 45.4. The molecule has 2 fully saturated rings. The first kappa shape index (κ1) is 56.3. The van der Waals surface area contributed by atoms with Crippen molar-refractivity contribution < 1.29 is 64.6 Å². The second-order valence-electron chi connectivity index (χ2n) is 17.2. The molecule has 14 heteroatoms. The van der Waals surface area contributed by atoms with E-state index in [9.17, 15) is 45.6 Å². The molecule has 2 saturated heterocycles. The quantitative estimate of drug-likeness (QED) is 0.0279. The van der Waals surface area contributed by atoms with E-state index in [2.05, 4.69) is 43.5 Å². The van der Waals surface area contributed by atoms with Gasteiger partial charge in [0, 0.05) is 6.42 Å². The summed E-state index contributed by atoms with van der Waals surface area (Å²) < 4.78 is 22.6. The van der Waals surface area contributed by atoms with Gasteiger partial charge in [-0.3, -0.25) is 4.79 Å². The summed E-state index contributed by atoms with van der Waals surface area (Å²) in [5, 5.41) is 86.6. The molecule has 0 aromatic carbocycles. The van der Waals surface area contributed by atoms with E-state index >= 15 is 0 Å². The van der Waals surface area contributed by atoms with Crippen LogP contribution in [0.25, 0.3) is 0 Å². The Labute approximate surface area is 372 Å². The van der Waals surface area contributed by atoms with Crippen LogP contribution in [0, 0.1) is 0 Å². The maximum Gasteiger partial charge on any atom is 0.220 e. The number of carbonyl (C=O) groups is 1. The molecule has 0 aliphatic carbocycles. The number of aliphatic hydroxyl groups excluding tert-OH is 8. The van der Waals surface area contributed by atoms with Gasteiger partial charge in [-0.25, -0.2) is 0 Å². The van der Waals surface area contributed by atoms with E-state index in [4.69, 9.17) is 18.9 Å². The largest absolute Gasteiger partial charge is 0.394 e. The minimum Gasteiger partial charge on any atom is -0.394 e. The van der Waals surface area contributed by atoms with E-state index in [0.29, 0.717) is 6.42 Å². The molecule has 0 spiro atoms. The summed E-state index contributed by atoms with van der Waals surface area (Å²) in [6.45, 7) is 2.72. The van der Waals surface area contributed by atoms with Crippen LogP contribution in [0.3, 0.4) is 0 Å². The average molecular weight is 886 g/mol. The Morgan fingerprint density at radius 2 is 1.06 bits per heavy atom. The van der Waals surface area contributed by atoms with Crippen molar-refractivity contribution in [3.05, 3.63) is 36.5 Å². The van der Waals surface area contributed by atoms with Crippen LogP contribution in [-0.2, 0) is 23.7 Å². The molecule has 12 atom stereocenters. The topological polar surface area (TPSA) is 228 Å². The minimum absolute atomic E-state index is 0.256. The van der Waals surface area contributed by atoms with Crippen molar-refractivity contribution in [1.82, 2.24) is 5.32 Å². The first-order valence-corrected chi connectivity index (χ1v) is 24.2. The summed E-state index contributed by atoms with van der Waals surface area (Å²) in [6.07, 6.45) is 21.8. The van der Waals surface area contributed by atoms with Gasteiger partial charge in [-0.15, -0.1) is 0 Å². The maximum atomic E-state index is 13.1. The maximum absolute atomic E-state index is 13.1. The normalized spacial score (nSPS) is 28.0. The van der Waals surface area contributed by atoms with Gasteiger partial charge in [0.15, 0.2) is 12.6 Å². The van der Waals surface area contributed by atoms with E-state index in [1.165, 1.54) is 77.0 Å². The highest BCUT2D eigenvalue weighted by atomic mass is 16.7. The smallest absolute Gasteiger partial charge is 0.220 e. The van der Waals surface area contributed by atoms with Gasteiger partial charge in [-0.05, 0) is 51.4 Å². The van der Waals surface area contributed by atoms with Gasteiger partial charge < -0.3 is 65.1 Å². The van der Waals surface area contributed by atoms with E-state index in [-0.39, 0.29) is 18.9 Å². The molecule has 62 heavy (non-hydrogen) atoms. The van der Waals surface area contributed by atoms with Gasteiger partial charge in [0.2, 0.25) is 5.91 Å². The zero-order valence-corrected chi connectivity index (χ0v) is 38.1. The third kappa shape index (κ3) is 22.9. The lowest BCUT2D eigenvalue weighted by Gasteiger charge is -2.46. The van der Waals surface area contributed by atoms with Crippen LogP contribution >= 0.6 is 0 Å². The fraction of sp³-hybridized carbons (Fsp3) is 0.854. The number of aliphatic hydroxyl groups is 8. The second-order valence-corrected chi connectivity index (χ2v) is 17.2. The minimum atomic E-state index is -1.79. The Morgan fingerprint density at radius 3 is 1.65 bits per heavy atom. The third-order valence-electron chi connectivity index (χ3n) is 11.8. The molecule has 2 rings (SSSR count). The molecule has 9 N–H and O–H groups in total. The fourth-order valence-corrected chi connectivity index (χ4v) is 7.79. The molecule has 14 nitrogen and oxygen atoms in total. The summed E-state index contributed by atoms with van der Waals surface area (Å²) in [5.74, 6) is -0.256. The highest BCUT2D eigenvalue weighted by Crippen LogP contribution is 2.30. The number of allylic oxidation sites excluding steroid dienone is 5. The third-order valence-corrected chi connectivity index (χ3v) is 11.8. The van der Waals surface area contributed by atoms with Gasteiger partial charge in [-0.2, -0.15) is 0 Å². The monoisotopic (exact) mass is 886 g/mol. The van der Waals surface area contributed by atoms with Crippen molar-refractivity contribution in [3.63, 3.8) is 0 Å². The van der Waals surface area contributed by atoms with E-state index in [1.54, 1.807) is 6.08 Å². The van der Waals surface area contributed by atoms with Crippen LogP contribution < -0.4 is 5.32 Å². The molecule has 0 aromatic rings. The molecule has 2 aliphatic rings. The molecule has 362 valence electrons. The number of unbranched alkanes of at least 4 members (excludes halogenated alkanes) is 19. The predicted molar refractivity (Wildman–Crippen MR) is 240 cm³/mol. The van der Waals surface area contributed by atoms with Crippen molar-refractivity contribution in [2.45, 2.75) is 242 Å². The SMILES string of the molecule is CCCCC/C=C\C/C=C\CCCCCCCC(=O)NC(COC1OC(CO)C(OC2OC(CO)C(O)C(O)C2O)C(O)C1O)C(O)/C=C/CCCCCCCCCCCCC. The molecule has 2 aliphatic heterocycles. The molecule has 2 heterocycles. The Morgan fingerprint density at radius 1 is 0.581 bits per heavy atom. The fourth-order valence-electron chi connectivity index (χ4n) is 7.79. The lowest BCUT2D eigenvalue weighted by Crippen LogP contribution is -2.65. The van der Waals surface area contributed by atoms with Crippen LogP contribution in [-0.4, -0.2) is 140 Å². The van der Waals surface area contributed by atoms with Crippen LogP contribution in [0.2, 0.25) is 0 Å². The summed E-state index contributed by atoms with van der Waals surface area (Å²) in [7, 11) is 0. The van der Waals surface area contributed by atoms with Gasteiger partial charge >= 0.3 is 0 Å². The van der Waals surface area contributed by atoms with Gasteiger partial charge in [0.1, 0.15) is 48.8 Å². The average Bonchev–Trinajstić information content (AvgIpc) is 3.27. The Balaban J connectivity index is 1.89. The first-order valence-electron chi connectivity index (χ1n) is 24.2. The molecule has 1 amide bonds. The van der Waals surface area contributed by atoms with Crippen LogP contribution in [0.5, 0.6) is 0 Å². The summed E-state index contributed by atoms with van der Waals surface area (Å²) >= 11 is 0. The number of hydrogen-bond acceptors (Lipinski definition) is 13. The highest BCUT2D eigenvalue weighted by molar-refractivity contribution is 5.76. The number of amides is 1. The molecular weight excluding hydrogens is 799 g/mol. The highest BCUT2D eigenvalue weighted by Gasteiger charge is 2.51. The van der Waals surface area contributed by atoms with Crippen LogP contribution in [0.4, 0.5) is 0 Å². The Hall–Kier alpha value is -1.79. The van der Waals surface area contributed by atoms with Crippen molar-refractivity contribution in [1.29, 1.82) is 0 Å². The van der Waals surface area contributed by atoms with Crippen molar-refractivity contribution in [2.24, 2.45) is 0 Å². The lowest BCUT2D eigenvalue weighted by molar-refractivity contribution is -0.359. The zero-order valence-electron chi connectivity index (χ0n) is 38.1. The second kappa shape index (κ2) is 35.5. The molecule has 0 radical (unpaired) electrons. The number of rotatable bonds is 36. The van der Waals surface area contributed by atoms with E-state index in [1.807, 2.05) is 6.08 Å². The summed E-state index contributed by atoms with van der Waals surface area (Å²) in [6, 6.07) is -0.919. The molecular formula is C48H87NO13. The Kier molecular flexibility index (Phi) is 32.2. The van der Waals surface area contributed by atoms with Gasteiger partial charge in [0.05, 0.1) is 32.0 Å².